The Labute approximate surface area is 173 Å². The highest BCUT2D eigenvalue weighted by Crippen LogP contribution is 2.47. The third-order valence-corrected chi connectivity index (χ3v) is 5.91. The van der Waals surface area contributed by atoms with Gasteiger partial charge in [0.25, 0.3) is 0 Å². The summed E-state index contributed by atoms with van der Waals surface area (Å²) in [6.45, 7) is 5.66. The molecule has 0 radical (unpaired) electrons. The Morgan fingerprint density at radius 2 is 1.83 bits per heavy atom. The molecule has 0 bridgehead atoms. The molecule has 30 heavy (non-hydrogen) atoms. The van der Waals surface area contributed by atoms with Crippen molar-refractivity contribution in [2.75, 3.05) is 0 Å². The Bertz CT molecular complexity index is 1070. The number of alkyl halides is 4. The van der Waals surface area contributed by atoms with Gasteiger partial charge in [-0.25, -0.2) is 4.79 Å². The van der Waals surface area contributed by atoms with E-state index in [2.05, 4.69) is 19.8 Å². The molecular weight excluding hydrogens is 426 g/mol. The summed E-state index contributed by atoms with van der Waals surface area (Å²) in [6, 6.07) is 3.11. The SMILES string of the molecule is Cc1cn(-c2ccc3c(c2)OC(F)(F)C(F)(F)O3)/c(=N/C(=O)NC(C)(C)C2CC2)s1. The second kappa shape index (κ2) is 6.73. The van der Waals surface area contributed by atoms with Gasteiger partial charge < -0.3 is 14.8 Å². The van der Waals surface area contributed by atoms with Gasteiger partial charge in [0, 0.05) is 22.7 Å². The van der Waals surface area contributed by atoms with Gasteiger partial charge in [-0.2, -0.15) is 22.6 Å². The molecule has 1 N–H and O–H groups in total. The lowest BCUT2D eigenvalue weighted by Crippen LogP contribution is -2.52. The molecule has 1 aromatic carbocycles. The van der Waals surface area contributed by atoms with Crippen molar-refractivity contribution in [1.29, 1.82) is 0 Å². The summed E-state index contributed by atoms with van der Waals surface area (Å²) in [7, 11) is 0. The van der Waals surface area contributed by atoms with Gasteiger partial charge in [-0.3, -0.25) is 4.57 Å². The zero-order chi connectivity index (χ0) is 21.9. The number of hydrogen-bond donors (Lipinski definition) is 1. The molecule has 162 valence electrons. The Kier molecular flexibility index (Phi) is 4.64. The van der Waals surface area contributed by atoms with E-state index in [4.69, 9.17) is 0 Å². The van der Waals surface area contributed by atoms with Crippen LogP contribution in [0.25, 0.3) is 5.69 Å². The van der Waals surface area contributed by atoms with Crippen molar-refractivity contribution >= 4 is 17.4 Å². The maximum absolute atomic E-state index is 13.5. The molecule has 1 aliphatic heterocycles. The lowest BCUT2D eigenvalue weighted by Gasteiger charge is -2.31. The summed E-state index contributed by atoms with van der Waals surface area (Å²) in [5, 5.41) is 2.88. The zero-order valence-electron chi connectivity index (χ0n) is 16.3. The molecular formula is C19H19F4N3O3S. The lowest BCUT2D eigenvalue weighted by atomic mass is 9.99. The third-order valence-electron chi connectivity index (χ3n) is 5.01. The standard InChI is InChI=1S/C19H19F4N3O3S/c1-10-9-26(16(30-10)24-15(27)25-17(2,3)11-4-5-11)12-6-7-13-14(8-12)29-19(22,23)18(20,21)28-13/h6-9,11H,4-5H2,1-3H3,(H,25,27)/b24-16-. The molecule has 0 atom stereocenters. The van der Waals surface area contributed by atoms with E-state index in [-0.39, 0.29) is 5.54 Å². The molecule has 2 amide bonds. The van der Waals surface area contributed by atoms with Gasteiger partial charge in [-0.15, -0.1) is 11.3 Å². The summed E-state index contributed by atoms with van der Waals surface area (Å²) in [5.41, 5.74) is -0.0818. The van der Waals surface area contributed by atoms with Gasteiger partial charge in [0.05, 0.1) is 5.69 Å². The number of nitrogens with one attached hydrogen (secondary N) is 1. The van der Waals surface area contributed by atoms with Crippen molar-refractivity contribution < 1.29 is 31.8 Å². The molecule has 0 spiro atoms. The van der Waals surface area contributed by atoms with Gasteiger partial charge >= 0.3 is 18.2 Å². The van der Waals surface area contributed by atoms with Crippen molar-refractivity contribution in [2.45, 2.75) is 51.4 Å². The van der Waals surface area contributed by atoms with Crippen LogP contribution in [-0.2, 0) is 0 Å². The molecule has 1 saturated carbocycles. The summed E-state index contributed by atoms with van der Waals surface area (Å²) in [5.74, 6) is -0.638. The topological polar surface area (TPSA) is 64.8 Å². The number of thiazole rings is 1. The first-order valence-corrected chi connectivity index (χ1v) is 10.0. The smallest absolute Gasteiger partial charge is 0.421 e. The van der Waals surface area contributed by atoms with Crippen molar-refractivity contribution in [1.82, 2.24) is 9.88 Å². The Hall–Kier alpha value is -2.56. The molecule has 0 unspecified atom stereocenters. The number of halogens is 4. The minimum atomic E-state index is -4.81. The highest BCUT2D eigenvalue weighted by atomic mass is 32.1. The molecule has 2 heterocycles. The predicted molar refractivity (Wildman–Crippen MR) is 100 cm³/mol. The number of carbonyl (C=O) groups excluding carboxylic acids is 1. The number of urea groups is 1. The lowest BCUT2D eigenvalue weighted by molar-refractivity contribution is -0.391. The molecule has 2 aromatic rings. The minimum Gasteiger partial charge on any atom is -0.421 e. The molecule has 6 nitrogen and oxygen atoms in total. The second-order valence-corrected chi connectivity index (χ2v) is 9.11. The number of amides is 2. The van der Waals surface area contributed by atoms with Crippen LogP contribution in [0.2, 0.25) is 0 Å². The molecule has 11 heteroatoms. The van der Waals surface area contributed by atoms with Crippen LogP contribution in [0.4, 0.5) is 22.4 Å². The molecule has 4 rings (SSSR count). The fourth-order valence-electron chi connectivity index (χ4n) is 3.22. The number of ether oxygens (including phenoxy) is 2. The quantitative estimate of drug-likeness (QED) is 0.703. The normalized spacial score (nSPS) is 20.2. The van der Waals surface area contributed by atoms with Crippen LogP contribution < -0.4 is 19.6 Å². The second-order valence-electron chi connectivity index (χ2n) is 7.90. The largest absolute Gasteiger partial charge is 0.507 e. The van der Waals surface area contributed by atoms with Gasteiger partial charge in [-0.05, 0) is 51.7 Å². The van der Waals surface area contributed by atoms with Crippen LogP contribution >= 0.6 is 11.3 Å². The first-order valence-electron chi connectivity index (χ1n) is 9.22. The maximum atomic E-state index is 13.5. The number of hydrogen-bond acceptors (Lipinski definition) is 4. The van der Waals surface area contributed by atoms with Crippen molar-refractivity contribution in [3.8, 4) is 17.2 Å². The summed E-state index contributed by atoms with van der Waals surface area (Å²) < 4.78 is 63.5. The Morgan fingerprint density at radius 3 is 2.47 bits per heavy atom. The van der Waals surface area contributed by atoms with E-state index in [1.54, 1.807) is 13.1 Å². The summed E-state index contributed by atoms with van der Waals surface area (Å²) in [6.07, 6.45) is -5.84. The number of rotatable bonds is 3. The molecule has 0 saturated heterocycles. The predicted octanol–water partition coefficient (Wildman–Crippen LogP) is 4.60. The number of fused-ring (bicyclic) bond motifs is 1. The average Bonchev–Trinajstić information content (AvgIpc) is 3.40. The molecule has 2 aliphatic rings. The van der Waals surface area contributed by atoms with E-state index in [1.807, 2.05) is 13.8 Å². The first-order chi connectivity index (χ1) is 13.9. The van der Waals surface area contributed by atoms with Crippen molar-refractivity contribution in [2.24, 2.45) is 10.9 Å². The van der Waals surface area contributed by atoms with Crippen LogP contribution in [0.3, 0.4) is 0 Å². The fourth-order valence-corrected chi connectivity index (χ4v) is 4.05. The first kappa shape index (κ1) is 20.7. The van der Waals surface area contributed by atoms with Crippen LogP contribution in [0, 0.1) is 12.8 Å². The van der Waals surface area contributed by atoms with Crippen LogP contribution in [0.1, 0.15) is 31.6 Å². The number of aryl methyl sites for hydroxylation is 1. The summed E-state index contributed by atoms with van der Waals surface area (Å²) >= 11 is 1.22. The maximum Gasteiger partial charge on any atom is 0.507 e. The van der Waals surface area contributed by atoms with Crippen molar-refractivity contribution in [3.63, 3.8) is 0 Å². The fraction of sp³-hybridized carbons (Fsp3) is 0.474. The molecule has 1 fully saturated rings. The van der Waals surface area contributed by atoms with Crippen LogP contribution in [0.5, 0.6) is 11.5 Å². The minimum absolute atomic E-state index is 0.297. The Balaban J connectivity index is 1.67. The number of aromatic nitrogens is 1. The molecule has 1 aromatic heterocycles. The van der Waals surface area contributed by atoms with E-state index in [1.165, 1.54) is 22.0 Å². The van der Waals surface area contributed by atoms with Crippen molar-refractivity contribution in [3.05, 3.63) is 34.1 Å². The van der Waals surface area contributed by atoms with Crippen LogP contribution in [-0.4, -0.2) is 28.4 Å². The Morgan fingerprint density at radius 1 is 1.20 bits per heavy atom. The average molecular weight is 445 g/mol. The van der Waals surface area contributed by atoms with E-state index >= 15 is 0 Å². The van der Waals surface area contributed by atoms with Gasteiger partial charge in [0.1, 0.15) is 0 Å². The number of benzene rings is 1. The monoisotopic (exact) mass is 445 g/mol. The van der Waals surface area contributed by atoms with Gasteiger partial charge in [-0.1, -0.05) is 0 Å². The van der Waals surface area contributed by atoms with Crippen LogP contribution in [0.15, 0.2) is 29.4 Å². The van der Waals surface area contributed by atoms with E-state index < -0.39 is 29.7 Å². The van der Waals surface area contributed by atoms with Gasteiger partial charge in [0.2, 0.25) is 0 Å². The van der Waals surface area contributed by atoms with E-state index in [9.17, 15) is 22.4 Å². The third kappa shape index (κ3) is 3.78. The molecule has 1 aliphatic carbocycles. The van der Waals surface area contributed by atoms with E-state index in [0.717, 1.165) is 29.9 Å². The zero-order valence-corrected chi connectivity index (χ0v) is 17.2. The number of carbonyl (C=O) groups is 1. The highest BCUT2D eigenvalue weighted by molar-refractivity contribution is 7.09. The summed E-state index contributed by atoms with van der Waals surface area (Å²) in [4.78, 5) is 17.6. The highest BCUT2D eigenvalue weighted by Gasteiger charge is 2.65. The van der Waals surface area contributed by atoms with Gasteiger partial charge in [0.15, 0.2) is 16.3 Å². The van der Waals surface area contributed by atoms with E-state index in [0.29, 0.717) is 16.4 Å². The number of nitrogens with zero attached hydrogens (tertiary/aromatic N) is 2.